The first kappa shape index (κ1) is 10.8. The fraction of sp³-hybridized carbons (Fsp3) is 0.143. The first-order chi connectivity index (χ1) is 8.83. The summed E-state index contributed by atoms with van der Waals surface area (Å²) in [5.74, 6) is 0.533. The summed E-state index contributed by atoms with van der Waals surface area (Å²) < 4.78 is 0. The molecule has 3 rings (SSSR count). The lowest BCUT2D eigenvalue weighted by Gasteiger charge is -2.11. The zero-order valence-corrected chi connectivity index (χ0v) is 9.76. The number of nitrogens with one attached hydrogen (secondary N) is 2. The summed E-state index contributed by atoms with van der Waals surface area (Å²) in [7, 11) is 0. The second-order valence-electron chi connectivity index (χ2n) is 4.26. The Bertz CT molecular complexity index is 543. The molecule has 0 aliphatic carbocycles. The molecule has 1 aliphatic rings. The molecular weight excluding hydrogens is 226 g/mol. The predicted molar refractivity (Wildman–Crippen MR) is 70.4 cm³/mol. The summed E-state index contributed by atoms with van der Waals surface area (Å²) in [6.45, 7) is 0. The summed E-state index contributed by atoms with van der Waals surface area (Å²) in [6.07, 6.45) is 2.38. The van der Waals surface area contributed by atoms with E-state index < -0.39 is 0 Å². The van der Waals surface area contributed by atoms with Gasteiger partial charge < -0.3 is 10.6 Å². The molecule has 4 nitrogen and oxygen atoms in total. The van der Waals surface area contributed by atoms with Crippen molar-refractivity contribution in [3.05, 3.63) is 54.2 Å². The van der Waals surface area contributed by atoms with Crippen molar-refractivity contribution in [1.82, 2.24) is 4.98 Å². The van der Waals surface area contributed by atoms with E-state index in [9.17, 15) is 4.79 Å². The number of carbonyl (C=O) groups excluding carboxylic acids is 1. The standard InChI is InChI=1S/C14H13N3O/c18-14(17-13-7-3-4-8-15-13)12-9-10-5-1-2-6-11(10)16-12/h1-8,12,16H,9H2,(H,15,17,18)/t12-/m0/s1. The van der Waals surface area contributed by atoms with E-state index in [0.717, 1.165) is 12.1 Å². The summed E-state index contributed by atoms with van der Waals surface area (Å²) >= 11 is 0. The minimum Gasteiger partial charge on any atom is -0.373 e. The Morgan fingerprint density at radius 1 is 1.22 bits per heavy atom. The first-order valence-corrected chi connectivity index (χ1v) is 5.89. The Kier molecular flexibility index (Phi) is 2.68. The van der Waals surface area contributed by atoms with E-state index in [-0.39, 0.29) is 11.9 Å². The van der Waals surface area contributed by atoms with Crippen LogP contribution >= 0.6 is 0 Å². The average molecular weight is 239 g/mol. The fourth-order valence-corrected chi connectivity index (χ4v) is 2.11. The number of hydrogen-bond acceptors (Lipinski definition) is 3. The number of rotatable bonds is 2. The Labute approximate surface area is 105 Å². The van der Waals surface area contributed by atoms with E-state index >= 15 is 0 Å². The van der Waals surface area contributed by atoms with Crippen LogP contribution in [0.1, 0.15) is 5.56 Å². The number of para-hydroxylation sites is 1. The number of aromatic nitrogens is 1. The summed E-state index contributed by atoms with van der Waals surface area (Å²) in [5, 5.41) is 6.02. The maximum atomic E-state index is 12.1. The zero-order valence-electron chi connectivity index (χ0n) is 9.76. The second-order valence-corrected chi connectivity index (χ2v) is 4.26. The molecule has 4 heteroatoms. The molecular formula is C14H13N3O. The highest BCUT2D eigenvalue weighted by Gasteiger charge is 2.26. The maximum absolute atomic E-state index is 12.1. The largest absolute Gasteiger partial charge is 0.373 e. The van der Waals surface area contributed by atoms with Gasteiger partial charge in [0.25, 0.3) is 0 Å². The Balaban J connectivity index is 1.70. The normalized spacial score (nSPS) is 16.8. The molecule has 1 aromatic heterocycles. The van der Waals surface area contributed by atoms with Gasteiger partial charge >= 0.3 is 0 Å². The van der Waals surface area contributed by atoms with Crippen LogP contribution in [0.15, 0.2) is 48.7 Å². The molecule has 1 amide bonds. The summed E-state index contributed by atoms with van der Waals surface area (Å²) in [5.41, 5.74) is 2.22. The molecule has 0 bridgehead atoms. The van der Waals surface area contributed by atoms with Crippen molar-refractivity contribution in [3.8, 4) is 0 Å². The van der Waals surface area contributed by atoms with Gasteiger partial charge in [-0.1, -0.05) is 24.3 Å². The van der Waals surface area contributed by atoms with Gasteiger partial charge in [-0.3, -0.25) is 4.79 Å². The summed E-state index contributed by atoms with van der Waals surface area (Å²) in [6, 6.07) is 13.2. The Morgan fingerprint density at radius 2 is 2.06 bits per heavy atom. The molecule has 2 N–H and O–H groups in total. The zero-order chi connectivity index (χ0) is 12.4. The van der Waals surface area contributed by atoms with Gasteiger partial charge in [-0.15, -0.1) is 0 Å². The van der Waals surface area contributed by atoms with Crippen molar-refractivity contribution in [3.63, 3.8) is 0 Å². The lowest BCUT2D eigenvalue weighted by atomic mass is 10.1. The van der Waals surface area contributed by atoms with Crippen LogP contribution in [0.25, 0.3) is 0 Å². The third kappa shape index (κ3) is 2.05. The highest BCUT2D eigenvalue weighted by molar-refractivity contribution is 5.97. The third-order valence-corrected chi connectivity index (χ3v) is 3.00. The van der Waals surface area contributed by atoms with E-state index in [2.05, 4.69) is 15.6 Å². The molecule has 0 fully saturated rings. The molecule has 0 unspecified atom stereocenters. The molecule has 0 radical (unpaired) electrons. The first-order valence-electron chi connectivity index (χ1n) is 5.89. The average Bonchev–Trinajstić information content (AvgIpc) is 2.84. The Hall–Kier alpha value is -2.36. The van der Waals surface area contributed by atoms with Crippen LogP contribution in [0.2, 0.25) is 0 Å². The van der Waals surface area contributed by atoms with Crippen molar-refractivity contribution < 1.29 is 4.79 Å². The van der Waals surface area contributed by atoms with E-state index in [0.29, 0.717) is 5.82 Å². The Morgan fingerprint density at radius 3 is 2.83 bits per heavy atom. The molecule has 1 aliphatic heterocycles. The SMILES string of the molecule is O=C(Nc1ccccn1)[C@@H]1Cc2ccccc2N1. The van der Waals surface area contributed by atoms with Crippen LogP contribution in [0.4, 0.5) is 11.5 Å². The molecule has 1 atom stereocenters. The number of anilines is 2. The highest BCUT2D eigenvalue weighted by Crippen LogP contribution is 2.25. The summed E-state index contributed by atoms with van der Waals surface area (Å²) in [4.78, 5) is 16.1. The van der Waals surface area contributed by atoms with E-state index in [1.807, 2.05) is 36.4 Å². The number of pyridine rings is 1. The third-order valence-electron chi connectivity index (χ3n) is 3.00. The topological polar surface area (TPSA) is 54.0 Å². The van der Waals surface area contributed by atoms with Gasteiger partial charge in [0.05, 0.1) is 0 Å². The smallest absolute Gasteiger partial charge is 0.248 e. The maximum Gasteiger partial charge on any atom is 0.248 e. The monoisotopic (exact) mass is 239 g/mol. The van der Waals surface area contributed by atoms with Crippen LogP contribution in [0.5, 0.6) is 0 Å². The van der Waals surface area contributed by atoms with E-state index in [1.54, 1.807) is 12.3 Å². The van der Waals surface area contributed by atoms with Gasteiger partial charge in [0.1, 0.15) is 11.9 Å². The van der Waals surface area contributed by atoms with E-state index in [4.69, 9.17) is 0 Å². The number of fused-ring (bicyclic) bond motifs is 1. The minimum atomic E-state index is -0.218. The molecule has 2 aromatic rings. The van der Waals surface area contributed by atoms with Crippen molar-refractivity contribution >= 4 is 17.4 Å². The van der Waals surface area contributed by atoms with Gasteiger partial charge in [-0.05, 0) is 23.8 Å². The minimum absolute atomic E-state index is 0.0510. The van der Waals surface area contributed by atoms with Crippen LogP contribution in [-0.2, 0) is 11.2 Å². The van der Waals surface area contributed by atoms with Crippen LogP contribution in [-0.4, -0.2) is 16.9 Å². The van der Waals surface area contributed by atoms with Crippen LogP contribution in [0, 0.1) is 0 Å². The molecule has 1 aromatic carbocycles. The number of nitrogens with zero attached hydrogens (tertiary/aromatic N) is 1. The van der Waals surface area contributed by atoms with Gasteiger partial charge in [-0.2, -0.15) is 0 Å². The van der Waals surface area contributed by atoms with Crippen molar-refractivity contribution in [1.29, 1.82) is 0 Å². The lowest BCUT2D eigenvalue weighted by molar-refractivity contribution is -0.116. The lowest BCUT2D eigenvalue weighted by Crippen LogP contribution is -2.33. The number of amides is 1. The molecule has 90 valence electrons. The second kappa shape index (κ2) is 4.49. The number of hydrogen-bond donors (Lipinski definition) is 2. The van der Waals surface area contributed by atoms with Gasteiger partial charge in [0, 0.05) is 18.3 Å². The van der Waals surface area contributed by atoms with E-state index in [1.165, 1.54) is 5.56 Å². The van der Waals surface area contributed by atoms with Crippen molar-refractivity contribution in [2.24, 2.45) is 0 Å². The highest BCUT2D eigenvalue weighted by atomic mass is 16.2. The van der Waals surface area contributed by atoms with Gasteiger partial charge in [-0.25, -0.2) is 4.98 Å². The van der Waals surface area contributed by atoms with Crippen LogP contribution in [0.3, 0.4) is 0 Å². The molecule has 18 heavy (non-hydrogen) atoms. The molecule has 2 heterocycles. The number of benzene rings is 1. The molecule has 0 spiro atoms. The quantitative estimate of drug-likeness (QED) is 0.843. The van der Waals surface area contributed by atoms with Gasteiger partial charge in [0.15, 0.2) is 0 Å². The van der Waals surface area contributed by atoms with Gasteiger partial charge in [0.2, 0.25) is 5.91 Å². The number of carbonyl (C=O) groups is 1. The predicted octanol–water partition coefficient (Wildman–Crippen LogP) is 2.06. The fourth-order valence-electron chi connectivity index (χ4n) is 2.11. The molecule has 0 saturated carbocycles. The van der Waals surface area contributed by atoms with Crippen molar-refractivity contribution in [2.45, 2.75) is 12.5 Å². The van der Waals surface area contributed by atoms with Crippen LogP contribution < -0.4 is 10.6 Å². The molecule has 0 saturated heterocycles. The van der Waals surface area contributed by atoms with Crippen molar-refractivity contribution in [2.75, 3.05) is 10.6 Å².